The Morgan fingerprint density at radius 3 is 2.43 bits per heavy atom. The largest absolute Gasteiger partial charge is 0.314 e. The predicted octanol–water partition coefficient (Wildman–Crippen LogP) is 3.97. The smallest absolute Gasteiger partial charge is 0.123 e. The van der Waals surface area contributed by atoms with Gasteiger partial charge in [0.1, 0.15) is 5.82 Å². The van der Waals surface area contributed by atoms with Gasteiger partial charge < -0.3 is 5.32 Å². The molecule has 2 rings (SSSR count). The van der Waals surface area contributed by atoms with E-state index in [9.17, 15) is 4.39 Å². The average molecular weight is 337 g/mol. The maximum absolute atomic E-state index is 13.6. The van der Waals surface area contributed by atoms with E-state index in [1.807, 2.05) is 6.07 Å². The van der Waals surface area contributed by atoms with Crippen LogP contribution in [-0.2, 0) is 0 Å². The van der Waals surface area contributed by atoms with Crippen molar-refractivity contribution in [2.24, 2.45) is 5.92 Å². The third-order valence-corrected chi connectivity index (χ3v) is 4.29. The Balaban J connectivity index is 0.00000200. The monoisotopic (exact) mass is 336 g/mol. The molecule has 1 aromatic rings. The highest BCUT2D eigenvalue weighted by atomic mass is 35.5. The number of hydrogen-bond donors (Lipinski definition) is 1. The molecule has 0 radical (unpaired) electrons. The molecule has 0 saturated carbocycles. The Bertz CT molecular complexity index is 423. The van der Waals surface area contributed by atoms with Gasteiger partial charge >= 0.3 is 0 Å². The molecule has 0 spiro atoms. The lowest BCUT2D eigenvalue weighted by Gasteiger charge is -2.39. The number of halogens is 3. The van der Waals surface area contributed by atoms with Crippen LogP contribution in [-0.4, -0.2) is 31.1 Å². The fraction of sp³-hybridized carbons (Fsp3) is 0.625. The van der Waals surface area contributed by atoms with E-state index in [4.69, 9.17) is 0 Å². The Morgan fingerprint density at radius 1 is 1.24 bits per heavy atom. The van der Waals surface area contributed by atoms with Gasteiger partial charge in [-0.1, -0.05) is 26.3 Å². The van der Waals surface area contributed by atoms with Gasteiger partial charge in [0.2, 0.25) is 0 Å². The second-order valence-corrected chi connectivity index (χ2v) is 5.62. The van der Waals surface area contributed by atoms with Gasteiger partial charge in [-0.3, -0.25) is 4.90 Å². The van der Waals surface area contributed by atoms with E-state index in [0.717, 1.165) is 38.2 Å². The predicted molar refractivity (Wildman–Crippen MR) is 92.3 cm³/mol. The fourth-order valence-corrected chi connectivity index (χ4v) is 2.98. The lowest BCUT2D eigenvalue weighted by molar-refractivity contribution is 0.128. The summed E-state index contributed by atoms with van der Waals surface area (Å²) in [5, 5.41) is 3.39. The quantitative estimate of drug-likeness (QED) is 0.894. The van der Waals surface area contributed by atoms with Crippen molar-refractivity contribution < 1.29 is 4.39 Å². The minimum absolute atomic E-state index is 0. The molecular formula is C16H27Cl2FN2. The highest BCUT2D eigenvalue weighted by Gasteiger charge is 2.27. The summed E-state index contributed by atoms with van der Waals surface area (Å²) in [7, 11) is 0. The molecule has 1 aromatic carbocycles. The van der Waals surface area contributed by atoms with Crippen LogP contribution in [0.15, 0.2) is 18.2 Å². The van der Waals surface area contributed by atoms with Crippen molar-refractivity contribution in [1.82, 2.24) is 10.2 Å². The molecule has 0 aromatic heterocycles. The van der Waals surface area contributed by atoms with Gasteiger partial charge in [-0.2, -0.15) is 0 Å². The number of benzene rings is 1. The van der Waals surface area contributed by atoms with Crippen molar-refractivity contribution in [3.63, 3.8) is 0 Å². The van der Waals surface area contributed by atoms with Gasteiger partial charge in [-0.05, 0) is 36.1 Å². The van der Waals surface area contributed by atoms with Crippen molar-refractivity contribution >= 4 is 24.8 Å². The van der Waals surface area contributed by atoms with Crippen LogP contribution in [0.1, 0.15) is 37.4 Å². The summed E-state index contributed by atoms with van der Waals surface area (Å²) in [4.78, 5) is 2.51. The van der Waals surface area contributed by atoms with Gasteiger partial charge in [0.15, 0.2) is 0 Å². The number of nitrogens with one attached hydrogen (secondary N) is 1. The molecule has 122 valence electrons. The first-order valence-electron chi connectivity index (χ1n) is 7.34. The number of aryl methyl sites for hydroxylation is 1. The second kappa shape index (κ2) is 9.62. The topological polar surface area (TPSA) is 15.3 Å². The first-order chi connectivity index (χ1) is 9.13. The van der Waals surface area contributed by atoms with Gasteiger partial charge in [-0.25, -0.2) is 4.39 Å². The molecule has 1 heterocycles. The Labute approximate surface area is 140 Å². The zero-order valence-corrected chi connectivity index (χ0v) is 14.7. The van der Waals surface area contributed by atoms with Crippen LogP contribution in [0.5, 0.6) is 0 Å². The zero-order chi connectivity index (χ0) is 13.8. The van der Waals surface area contributed by atoms with Crippen LogP contribution in [0.25, 0.3) is 0 Å². The SMILES string of the molecule is CCC(C)[C@@H](c1cc(F)ccc1C)N1CCNCC1.Cl.Cl. The third-order valence-electron chi connectivity index (χ3n) is 4.29. The van der Waals surface area contributed by atoms with Crippen LogP contribution in [0.4, 0.5) is 4.39 Å². The van der Waals surface area contributed by atoms with Gasteiger partial charge in [0.05, 0.1) is 0 Å². The molecule has 5 heteroatoms. The average Bonchev–Trinajstić information content (AvgIpc) is 2.44. The third kappa shape index (κ3) is 5.10. The van der Waals surface area contributed by atoms with Crippen molar-refractivity contribution in [3.05, 3.63) is 35.1 Å². The van der Waals surface area contributed by atoms with Crippen LogP contribution in [0.2, 0.25) is 0 Å². The molecule has 1 aliphatic heterocycles. The molecule has 1 unspecified atom stereocenters. The number of hydrogen-bond acceptors (Lipinski definition) is 2. The highest BCUT2D eigenvalue weighted by Crippen LogP contribution is 2.33. The van der Waals surface area contributed by atoms with Gasteiger partial charge in [0.25, 0.3) is 0 Å². The number of rotatable bonds is 4. The van der Waals surface area contributed by atoms with Gasteiger partial charge in [-0.15, -0.1) is 24.8 Å². The lowest BCUT2D eigenvalue weighted by Crippen LogP contribution is -2.46. The summed E-state index contributed by atoms with van der Waals surface area (Å²) in [6.45, 7) is 10.7. The fourth-order valence-electron chi connectivity index (χ4n) is 2.98. The van der Waals surface area contributed by atoms with E-state index >= 15 is 0 Å². The van der Waals surface area contributed by atoms with Crippen molar-refractivity contribution in [3.8, 4) is 0 Å². The summed E-state index contributed by atoms with van der Waals surface area (Å²) < 4.78 is 13.6. The molecule has 1 saturated heterocycles. The first-order valence-corrected chi connectivity index (χ1v) is 7.34. The highest BCUT2D eigenvalue weighted by molar-refractivity contribution is 5.85. The van der Waals surface area contributed by atoms with E-state index in [1.165, 1.54) is 5.56 Å². The standard InChI is InChI=1S/C16H25FN2.2ClH/c1-4-12(2)16(19-9-7-18-8-10-19)15-11-14(17)6-5-13(15)3;;/h5-6,11-12,16,18H,4,7-10H2,1-3H3;2*1H/t12?,16-;;/m0../s1. The van der Waals surface area contributed by atoms with E-state index < -0.39 is 0 Å². The molecule has 0 amide bonds. The van der Waals surface area contributed by atoms with E-state index in [2.05, 4.69) is 31.0 Å². The van der Waals surface area contributed by atoms with E-state index in [-0.39, 0.29) is 30.6 Å². The number of nitrogens with zero attached hydrogens (tertiary/aromatic N) is 1. The molecule has 1 fully saturated rings. The molecule has 2 nitrogen and oxygen atoms in total. The normalized spacial score (nSPS) is 18.3. The van der Waals surface area contributed by atoms with Crippen molar-refractivity contribution in [2.45, 2.75) is 33.2 Å². The molecular weight excluding hydrogens is 310 g/mol. The summed E-state index contributed by atoms with van der Waals surface area (Å²) in [6.07, 6.45) is 1.12. The lowest BCUT2D eigenvalue weighted by atomic mass is 9.88. The molecule has 21 heavy (non-hydrogen) atoms. The molecule has 1 N–H and O–H groups in total. The van der Waals surface area contributed by atoms with Crippen LogP contribution >= 0.6 is 24.8 Å². The zero-order valence-electron chi connectivity index (χ0n) is 13.1. The van der Waals surface area contributed by atoms with Crippen LogP contribution in [0.3, 0.4) is 0 Å². The second-order valence-electron chi connectivity index (χ2n) is 5.62. The Kier molecular flexibility index (Phi) is 9.46. The summed E-state index contributed by atoms with van der Waals surface area (Å²) in [5.74, 6) is 0.419. The summed E-state index contributed by atoms with van der Waals surface area (Å²) >= 11 is 0. The maximum atomic E-state index is 13.6. The Morgan fingerprint density at radius 2 is 1.86 bits per heavy atom. The van der Waals surface area contributed by atoms with E-state index in [0.29, 0.717) is 12.0 Å². The maximum Gasteiger partial charge on any atom is 0.123 e. The van der Waals surface area contributed by atoms with Crippen LogP contribution in [0, 0.1) is 18.7 Å². The Hall–Kier alpha value is -0.350. The molecule has 0 aliphatic carbocycles. The first kappa shape index (κ1) is 20.6. The van der Waals surface area contributed by atoms with E-state index in [1.54, 1.807) is 12.1 Å². The van der Waals surface area contributed by atoms with Gasteiger partial charge in [0, 0.05) is 32.2 Å². The number of piperazine rings is 1. The molecule has 1 aliphatic rings. The summed E-state index contributed by atoms with van der Waals surface area (Å²) in [6, 6.07) is 5.53. The van der Waals surface area contributed by atoms with Crippen molar-refractivity contribution in [1.29, 1.82) is 0 Å². The molecule has 0 bridgehead atoms. The minimum Gasteiger partial charge on any atom is -0.314 e. The minimum atomic E-state index is -0.121. The van der Waals surface area contributed by atoms with Crippen LogP contribution < -0.4 is 5.32 Å². The van der Waals surface area contributed by atoms with Crippen molar-refractivity contribution in [2.75, 3.05) is 26.2 Å². The summed E-state index contributed by atoms with van der Waals surface area (Å²) in [5.41, 5.74) is 2.36. The molecule has 2 atom stereocenters.